The van der Waals surface area contributed by atoms with Gasteiger partial charge in [0, 0.05) is 41.8 Å². The van der Waals surface area contributed by atoms with Crippen LogP contribution in [-0.2, 0) is 11.3 Å². The fourth-order valence-electron chi connectivity index (χ4n) is 4.52. The van der Waals surface area contributed by atoms with E-state index in [-0.39, 0.29) is 11.3 Å². The van der Waals surface area contributed by atoms with Crippen LogP contribution in [0.25, 0.3) is 11.3 Å². The van der Waals surface area contributed by atoms with E-state index in [1.165, 1.54) is 12.1 Å². The maximum absolute atomic E-state index is 14.6. The van der Waals surface area contributed by atoms with Crippen molar-refractivity contribution >= 4 is 34.8 Å². The Morgan fingerprint density at radius 2 is 1.95 bits per heavy atom. The Balaban J connectivity index is 1.44. The van der Waals surface area contributed by atoms with Crippen molar-refractivity contribution in [3.63, 3.8) is 0 Å². The number of likely N-dealkylation sites (N-methyl/N-ethyl adjacent to an activating group) is 1. The molecule has 2 amide bonds. The van der Waals surface area contributed by atoms with Crippen molar-refractivity contribution in [1.29, 1.82) is 0 Å². The fourth-order valence-corrected chi connectivity index (χ4v) is 4.52. The molecule has 0 fully saturated rings. The van der Waals surface area contributed by atoms with Gasteiger partial charge in [-0.05, 0) is 79.7 Å². The topological polar surface area (TPSA) is 108 Å². The molecule has 0 unspecified atom stereocenters. The van der Waals surface area contributed by atoms with Crippen molar-refractivity contribution in [2.24, 2.45) is 0 Å². The summed E-state index contributed by atoms with van der Waals surface area (Å²) in [5.41, 5.74) is 3.78. The SMILES string of the molecule is C=CC(=O)Nc1ccc(C(=O)Nc2cc3cc(c2)Nc2nccc(n2)-c2cccc(c2)OCC/C=C/CN(C)C3)cc1F. The molecule has 1 aliphatic rings. The molecule has 5 rings (SSSR count). The number of carbonyl (C=O) groups excluding carboxylic acids is 2. The molecule has 6 bridgehead atoms. The number of carbonyl (C=O) groups is 2. The van der Waals surface area contributed by atoms with Crippen LogP contribution in [0.2, 0.25) is 0 Å². The molecular formula is C33H31FN6O3. The second-order valence-electron chi connectivity index (χ2n) is 9.98. The quantitative estimate of drug-likeness (QED) is 0.196. The van der Waals surface area contributed by atoms with Gasteiger partial charge in [-0.15, -0.1) is 0 Å². The van der Waals surface area contributed by atoms with Crippen molar-refractivity contribution in [3.05, 3.63) is 115 Å². The molecule has 43 heavy (non-hydrogen) atoms. The van der Waals surface area contributed by atoms with Crippen LogP contribution < -0.4 is 20.7 Å². The molecule has 218 valence electrons. The van der Waals surface area contributed by atoms with Gasteiger partial charge in [0.15, 0.2) is 0 Å². The Morgan fingerprint density at radius 1 is 1.07 bits per heavy atom. The van der Waals surface area contributed by atoms with Gasteiger partial charge in [0.05, 0.1) is 18.0 Å². The zero-order valence-electron chi connectivity index (χ0n) is 23.6. The lowest BCUT2D eigenvalue weighted by atomic mass is 10.1. The highest BCUT2D eigenvalue weighted by molar-refractivity contribution is 6.05. The fraction of sp³-hybridized carbons (Fsp3) is 0.152. The highest BCUT2D eigenvalue weighted by Crippen LogP contribution is 2.26. The number of anilines is 4. The molecule has 0 aliphatic carbocycles. The summed E-state index contributed by atoms with van der Waals surface area (Å²) in [6.45, 7) is 5.22. The highest BCUT2D eigenvalue weighted by Gasteiger charge is 2.14. The molecule has 9 nitrogen and oxygen atoms in total. The summed E-state index contributed by atoms with van der Waals surface area (Å²) in [5.74, 6) is -0.637. The van der Waals surface area contributed by atoms with Crippen LogP contribution in [0, 0.1) is 5.82 Å². The number of hydrogen-bond donors (Lipinski definition) is 3. The summed E-state index contributed by atoms with van der Waals surface area (Å²) in [6.07, 6.45) is 7.68. The Bertz CT molecular complexity index is 1690. The van der Waals surface area contributed by atoms with Gasteiger partial charge >= 0.3 is 0 Å². The third-order valence-corrected chi connectivity index (χ3v) is 6.56. The lowest BCUT2D eigenvalue weighted by molar-refractivity contribution is -0.111. The molecule has 3 N–H and O–H groups in total. The van der Waals surface area contributed by atoms with Crippen LogP contribution >= 0.6 is 0 Å². The van der Waals surface area contributed by atoms with E-state index < -0.39 is 17.6 Å². The number of aromatic nitrogens is 2. The minimum atomic E-state index is -0.734. The summed E-state index contributed by atoms with van der Waals surface area (Å²) < 4.78 is 20.5. The first kappa shape index (κ1) is 29.2. The van der Waals surface area contributed by atoms with Gasteiger partial charge in [0.1, 0.15) is 11.6 Å². The predicted octanol–water partition coefficient (Wildman–Crippen LogP) is 6.17. The lowest BCUT2D eigenvalue weighted by Crippen LogP contribution is -2.18. The number of amides is 2. The number of nitrogens with zero attached hydrogens (tertiary/aromatic N) is 3. The first-order chi connectivity index (χ1) is 20.9. The van der Waals surface area contributed by atoms with E-state index >= 15 is 0 Å². The molecule has 0 saturated heterocycles. The lowest BCUT2D eigenvalue weighted by Gasteiger charge is -2.17. The second-order valence-corrected chi connectivity index (χ2v) is 9.98. The molecule has 3 aromatic carbocycles. The molecular weight excluding hydrogens is 547 g/mol. The number of benzene rings is 3. The van der Waals surface area contributed by atoms with Gasteiger partial charge in [-0.1, -0.05) is 30.9 Å². The first-order valence-electron chi connectivity index (χ1n) is 13.7. The molecule has 1 aromatic heterocycles. The number of hydrogen-bond acceptors (Lipinski definition) is 7. The Labute approximate surface area is 249 Å². The smallest absolute Gasteiger partial charge is 0.255 e. The van der Waals surface area contributed by atoms with Crippen LogP contribution in [0.5, 0.6) is 5.75 Å². The number of halogens is 1. The average Bonchev–Trinajstić information content (AvgIpc) is 2.99. The van der Waals surface area contributed by atoms with Crippen molar-refractivity contribution in [2.45, 2.75) is 13.0 Å². The zero-order valence-corrected chi connectivity index (χ0v) is 23.6. The van der Waals surface area contributed by atoms with E-state index in [1.807, 2.05) is 49.5 Å². The molecule has 1 aliphatic heterocycles. The zero-order chi connectivity index (χ0) is 30.2. The standard InChI is InChI=1S/C33H31FN6O3/c1-3-31(41)38-30-11-10-24(19-28(30)34)32(42)36-25-16-22-17-26(20-25)37-33-35-13-12-29(39-33)23-8-7-9-27(18-23)43-15-6-4-5-14-40(2)21-22/h3-5,7-13,16-20H,1,6,14-15,21H2,2H3,(H,36,42)(H,38,41)(H,35,37,39)/b5-4+. The molecule has 0 spiro atoms. The Morgan fingerprint density at radius 3 is 2.79 bits per heavy atom. The van der Waals surface area contributed by atoms with Gasteiger partial charge < -0.3 is 20.7 Å². The van der Waals surface area contributed by atoms with Gasteiger partial charge in [-0.3, -0.25) is 14.5 Å². The molecule has 0 radical (unpaired) electrons. The highest BCUT2D eigenvalue weighted by atomic mass is 19.1. The Hall–Kier alpha value is -5.35. The summed E-state index contributed by atoms with van der Waals surface area (Å²) >= 11 is 0. The number of fused-ring (bicyclic) bond motifs is 7. The third-order valence-electron chi connectivity index (χ3n) is 6.56. The Kier molecular flexibility index (Phi) is 9.18. The van der Waals surface area contributed by atoms with E-state index in [1.54, 1.807) is 12.3 Å². The summed E-state index contributed by atoms with van der Waals surface area (Å²) in [4.78, 5) is 35.9. The maximum atomic E-state index is 14.6. The van der Waals surface area contributed by atoms with Crippen molar-refractivity contribution in [3.8, 4) is 17.0 Å². The van der Waals surface area contributed by atoms with Crippen LogP contribution in [0.15, 0.2) is 97.7 Å². The van der Waals surface area contributed by atoms with E-state index in [4.69, 9.17) is 9.72 Å². The average molecular weight is 579 g/mol. The minimum absolute atomic E-state index is 0.0421. The number of rotatable bonds is 4. The number of nitrogens with one attached hydrogen (secondary N) is 3. The molecule has 2 heterocycles. The third kappa shape index (κ3) is 7.90. The summed E-state index contributed by atoms with van der Waals surface area (Å²) in [5, 5.41) is 8.49. The monoisotopic (exact) mass is 578 g/mol. The van der Waals surface area contributed by atoms with E-state index in [2.05, 4.69) is 44.6 Å². The van der Waals surface area contributed by atoms with Crippen LogP contribution in [0.3, 0.4) is 0 Å². The molecule has 0 saturated carbocycles. The predicted molar refractivity (Wildman–Crippen MR) is 166 cm³/mol. The molecule has 4 aromatic rings. The summed E-state index contributed by atoms with van der Waals surface area (Å²) in [7, 11) is 2.01. The molecule has 0 atom stereocenters. The van der Waals surface area contributed by atoms with Gasteiger partial charge in [-0.2, -0.15) is 0 Å². The maximum Gasteiger partial charge on any atom is 0.255 e. The van der Waals surface area contributed by atoms with Gasteiger partial charge in [-0.25, -0.2) is 14.4 Å². The van der Waals surface area contributed by atoms with E-state index in [0.29, 0.717) is 37.0 Å². The van der Waals surface area contributed by atoms with E-state index in [9.17, 15) is 14.0 Å². The van der Waals surface area contributed by atoms with Crippen molar-refractivity contribution in [2.75, 3.05) is 36.1 Å². The summed E-state index contributed by atoms with van der Waals surface area (Å²) in [6, 6.07) is 19.0. The van der Waals surface area contributed by atoms with Crippen molar-refractivity contribution in [1.82, 2.24) is 14.9 Å². The van der Waals surface area contributed by atoms with E-state index in [0.717, 1.165) is 41.1 Å². The van der Waals surface area contributed by atoms with Crippen LogP contribution in [0.1, 0.15) is 22.3 Å². The van der Waals surface area contributed by atoms with Gasteiger partial charge in [0.2, 0.25) is 11.9 Å². The second kappa shape index (κ2) is 13.5. The van der Waals surface area contributed by atoms with Gasteiger partial charge in [0.25, 0.3) is 5.91 Å². The van der Waals surface area contributed by atoms with Crippen molar-refractivity contribution < 1.29 is 18.7 Å². The minimum Gasteiger partial charge on any atom is -0.493 e. The molecule has 10 heteroatoms. The number of ether oxygens (including phenoxy) is 1. The van der Waals surface area contributed by atoms with Crippen LogP contribution in [-0.4, -0.2) is 46.9 Å². The van der Waals surface area contributed by atoms with Crippen LogP contribution in [0.4, 0.5) is 27.4 Å². The normalized spacial score (nSPS) is 14.2. The first-order valence-corrected chi connectivity index (χ1v) is 13.7. The largest absolute Gasteiger partial charge is 0.493 e.